The third kappa shape index (κ3) is 2.84. The molecule has 0 fully saturated rings. The molecule has 0 spiro atoms. The van der Waals surface area contributed by atoms with Gasteiger partial charge in [-0.2, -0.15) is 5.10 Å². The molecule has 1 aromatic heterocycles. The Morgan fingerprint density at radius 2 is 2.31 bits per heavy atom. The monoisotopic (exact) mass is 200 g/mol. The maximum atomic E-state index is 11.3. The molecule has 0 atom stereocenters. The van der Waals surface area contributed by atoms with Crippen LogP contribution in [0.4, 0.5) is 0 Å². The lowest BCUT2D eigenvalue weighted by Gasteiger charge is -2.03. The van der Waals surface area contributed by atoms with Crippen LogP contribution in [0, 0.1) is 0 Å². The topological polar surface area (TPSA) is 34.9 Å². The van der Waals surface area contributed by atoms with Gasteiger partial charge in [0.25, 0.3) is 5.56 Å². The minimum Gasteiger partial charge on any atom is -0.268 e. The largest absolute Gasteiger partial charge is 0.268 e. The molecule has 0 aliphatic carbocycles. The van der Waals surface area contributed by atoms with E-state index in [-0.39, 0.29) is 5.56 Å². The molecule has 1 aromatic rings. The number of nitrogens with zero attached hydrogens (tertiary/aromatic N) is 2. The van der Waals surface area contributed by atoms with E-state index in [1.54, 1.807) is 6.07 Å². The SMILES string of the molecule is CCCCn1nc(CCl)ccc1=O. The van der Waals surface area contributed by atoms with Crippen molar-refractivity contribution in [3.8, 4) is 0 Å². The Morgan fingerprint density at radius 3 is 2.92 bits per heavy atom. The first-order valence-electron chi connectivity index (χ1n) is 4.41. The van der Waals surface area contributed by atoms with Crippen LogP contribution in [0.25, 0.3) is 0 Å². The average molecular weight is 201 g/mol. The van der Waals surface area contributed by atoms with Crippen LogP contribution in [0.2, 0.25) is 0 Å². The summed E-state index contributed by atoms with van der Waals surface area (Å²) in [5, 5.41) is 4.10. The normalized spacial score (nSPS) is 10.3. The summed E-state index contributed by atoms with van der Waals surface area (Å²) in [5.74, 6) is 0.354. The summed E-state index contributed by atoms with van der Waals surface area (Å²) in [6, 6.07) is 3.18. The van der Waals surface area contributed by atoms with E-state index in [2.05, 4.69) is 12.0 Å². The van der Waals surface area contributed by atoms with E-state index in [4.69, 9.17) is 11.6 Å². The van der Waals surface area contributed by atoms with Gasteiger partial charge in [0.15, 0.2) is 0 Å². The van der Waals surface area contributed by atoms with Gasteiger partial charge in [0.05, 0.1) is 11.6 Å². The number of rotatable bonds is 4. The zero-order valence-electron chi connectivity index (χ0n) is 7.66. The summed E-state index contributed by atoms with van der Waals surface area (Å²) in [4.78, 5) is 11.3. The third-order valence-corrected chi connectivity index (χ3v) is 2.06. The Bertz CT molecular complexity index is 322. The van der Waals surface area contributed by atoms with Crippen LogP contribution in [0.3, 0.4) is 0 Å². The van der Waals surface area contributed by atoms with E-state index in [1.807, 2.05) is 0 Å². The molecule has 0 saturated heterocycles. The van der Waals surface area contributed by atoms with E-state index in [1.165, 1.54) is 10.7 Å². The summed E-state index contributed by atoms with van der Waals surface area (Å²) in [6.45, 7) is 2.76. The Balaban J connectivity index is 2.84. The van der Waals surface area contributed by atoms with E-state index in [0.29, 0.717) is 12.4 Å². The molecule has 0 amide bonds. The highest BCUT2D eigenvalue weighted by Crippen LogP contribution is 1.96. The van der Waals surface area contributed by atoms with Crippen LogP contribution in [-0.2, 0) is 12.4 Å². The molecule has 0 saturated carbocycles. The molecular weight excluding hydrogens is 188 g/mol. The summed E-state index contributed by atoms with van der Waals surface area (Å²) in [5.41, 5.74) is 0.694. The summed E-state index contributed by atoms with van der Waals surface area (Å²) in [7, 11) is 0. The second-order valence-corrected chi connectivity index (χ2v) is 3.14. The number of alkyl halides is 1. The van der Waals surface area contributed by atoms with Gasteiger partial charge in [0.1, 0.15) is 0 Å². The Morgan fingerprint density at radius 1 is 1.54 bits per heavy atom. The molecule has 1 rings (SSSR count). The van der Waals surface area contributed by atoms with Gasteiger partial charge in [-0.3, -0.25) is 4.79 Å². The van der Waals surface area contributed by atoms with Crippen molar-refractivity contribution in [1.82, 2.24) is 9.78 Å². The summed E-state index contributed by atoms with van der Waals surface area (Å²) in [6.07, 6.45) is 2.03. The molecule has 0 bridgehead atoms. The fourth-order valence-electron chi connectivity index (χ4n) is 1.03. The Kier molecular flexibility index (Phi) is 3.96. The second kappa shape index (κ2) is 5.02. The van der Waals surface area contributed by atoms with Crippen molar-refractivity contribution in [3.63, 3.8) is 0 Å². The van der Waals surface area contributed by atoms with Gasteiger partial charge in [-0.25, -0.2) is 4.68 Å². The third-order valence-electron chi connectivity index (χ3n) is 1.78. The van der Waals surface area contributed by atoms with E-state index < -0.39 is 0 Å². The molecule has 0 radical (unpaired) electrons. The first-order chi connectivity index (χ1) is 6.27. The maximum absolute atomic E-state index is 11.3. The van der Waals surface area contributed by atoms with Crippen molar-refractivity contribution in [2.75, 3.05) is 0 Å². The van der Waals surface area contributed by atoms with Crippen LogP contribution in [0.5, 0.6) is 0 Å². The lowest BCUT2D eigenvalue weighted by atomic mass is 10.3. The average Bonchev–Trinajstić information content (AvgIpc) is 2.17. The highest BCUT2D eigenvalue weighted by atomic mass is 35.5. The lowest BCUT2D eigenvalue weighted by molar-refractivity contribution is 0.536. The fraction of sp³-hybridized carbons (Fsp3) is 0.556. The number of hydrogen-bond acceptors (Lipinski definition) is 2. The molecule has 0 aromatic carbocycles. The molecule has 4 heteroatoms. The summed E-state index contributed by atoms with van der Waals surface area (Å²) < 4.78 is 1.47. The molecular formula is C9H13ClN2O. The fourth-order valence-corrected chi connectivity index (χ4v) is 1.17. The van der Waals surface area contributed by atoms with Crippen LogP contribution in [-0.4, -0.2) is 9.78 Å². The molecule has 13 heavy (non-hydrogen) atoms. The van der Waals surface area contributed by atoms with Crippen molar-refractivity contribution in [2.45, 2.75) is 32.2 Å². The van der Waals surface area contributed by atoms with Crippen molar-refractivity contribution in [3.05, 3.63) is 28.2 Å². The van der Waals surface area contributed by atoms with Gasteiger partial charge in [0.2, 0.25) is 0 Å². The smallest absolute Gasteiger partial charge is 0.266 e. The van der Waals surface area contributed by atoms with Crippen LogP contribution in [0.1, 0.15) is 25.5 Å². The Hall–Kier alpha value is -0.830. The molecule has 1 heterocycles. The first kappa shape index (κ1) is 10.3. The standard InChI is InChI=1S/C9H13ClN2O/c1-2-3-6-12-9(13)5-4-8(7-10)11-12/h4-5H,2-3,6-7H2,1H3. The first-order valence-corrected chi connectivity index (χ1v) is 4.94. The number of halogens is 1. The van der Waals surface area contributed by atoms with Gasteiger partial charge in [0, 0.05) is 12.6 Å². The number of aromatic nitrogens is 2. The van der Waals surface area contributed by atoms with Gasteiger partial charge in [-0.15, -0.1) is 11.6 Å². The Labute approximate surface area is 82.3 Å². The van der Waals surface area contributed by atoms with Gasteiger partial charge in [-0.05, 0) is 12.5 Å². The van der Waals surface area contributed by atoms with Crippen LogP contribution < -0.4 is 5.56 Å². The highest BCUT2D eigenvalue weighted by molar-refractivity contribution is 6.16. The van der Waals surface area contributed by atoms with Crippen molar-refractivity contribution in [1.29, 1.82) is 0 Å². The van der Waals surface area contributed by atoms with E-state index in [0.717, 1.165) is 18.5 Å². The zero-order valence-corrected chi connectivity index (χ0v) is 8.42. The van der Waals surface area contributed by atoms with Crippen LogP contribution in [0.15, 0.2) is 16.9 Å². The predicted molar refractivity (Wildman–Crippen MR) is 53.0 cm³/mol. The van der Waals surface area contributed by atoms with Crippen molar-refractivity contribution >= 4 is 11.6 Å². The minimum absolute atomic E-state index is 0.0534. The van der Waals surface area contributed by atoms with Crippen molar-refractivity contribution < 1.29 is 0 Å². The predicted octanol–water partition coefficient (Wildman–Crippen LogP) is 1.78. The molecule has 3 nitrogen and oxygen atoms in total. The van der Waals surface area contributed by atoms with E-state index >= 15 is 0 Å². The van der Waals surface area contributed by atoms with Gasteiger partial charge < -0.3 is 0 Å². The number of aryl methyl sites for hydroxylation is 1. The van der Waals surface area contributed by atoms with Crippen molar-refractivity contribution in [2.24, 2.45) is 0 Å². The molecule has 0 unspecified atom stereocenters. The van der Waals surface area contributed by atoms with Gasteiger partial charge in [-0.1, -0.05) is 13.3 Å². The van der Waals surface area contributed by atoms with Crippen LogP contribution >= 0.6 is 11.6 Å². The number of unbranched alkanes of at least 4 members (excludes halogenated alkanes) is 1. The molecule has 0 N–H and O–H groups in total. The molecule has 0 aliphatic heterocycles. The second-order valence-electron chi connectivity index (χ2n) is 2.87. The zero-order chi connectivity index (χ0) is 9.68. The van der Waals surface area contributed by atoms with Gasteiger partial charge >= 0.3 is 0 Å². The molecule has 72 valence electrons. The quantitative estimate of drug-likeness (QED) is 0.695. The highest BCUT2D eigenvalue weighted by Gasteiger charge is 1.98. The van der Waals surface area contributed by atoms with E-state index in [9.17, 15) is 4.79 Å². The lowest BCUT2D eigenvalue weighted by Crippen LogP contribution is -2.22. The minimum atomic E-state index is -0.0534. The molecule has 0 aliphatic rings. The number of hydrogen-bond donors (Lipinski definition) is 0. The maximum Gasteiger partial charge on any atom is 0.266 e. The summed E-state index contributed by atoms with van der Waals surface area (Å²) >= 11 is 5.61.